The molecule has 0 radical (unpaired) electrons. The molecule has 0 amide bonds. The molecule has 0 fully saturated rings. The number of hydrogen-bond acceptors (Lipinski definition) is 4. The molecule has 0 bridgehead atoms. The van der Waals surface area contributed by atoms with Crippen LogP contribution in [-0.4, -0.2) is 5.11 Å². The van der Waals surface area contributed by atoms with Gasteiger partial charge in [0.1, 0.15) is 5.75 Å². The number of rotatable bonds is 6. The fraction of sp³-hybridized carbons (Fsp3) is 0.0588. The Morgan fingerprint density at radius 2 is 2.10 bits per heavy atom. The molecule has 1 rings (SSSR count). The summed E-state index contributed by atoms with van der Waals surface area (Å²) < 4.78 is 0. The van der Waals surface area contributed by atoms with Crippen LogP contribution in [-0.2, 0) is 0 Å². The predicted molar refractivity (Wildman–Crippen MR) is 88.8 cm³/mol. The standard InChI is InChI=1S/C17H21N3O/c1-4-6-13(9-10-18)16(12(2)3)17(20-19)14-7-5-8-15(21)11-14/h4-11,20-21H,1-2,18-19H2,3H3/b10-9-,13-6+,17-16+. The summed E-state index contributed by atoms with van der Waals surface area (Å²) in [5.74, 6) is 5.84. The van der Waals surface area contributed by atoms with Crippen LogP contribution in [0.4, 0.5) is 0 Å². The molecule has 0 unspecified atom stereocenters. The number of nitrogens with two attached hydrogens (primary N) is 2. The average molecular weight is 283 g/mol. The highest BCUT2D eigenvalue weighted by molar-refractivity contribution is 5.77. The van der Waals surface area contributed by atoms with Crippen molar-refractivity contribution in [1.29, 1.82) is 0 Å². The Morgan fingerprint density at radius 1 is 1.38 bits per heavy atom. The van der Waals surface area contributed by atoms with Crippen molar-refractivity contribution in [3.05, 3.63) is 84.1 Å². The molecular formula is C17H21N3O. The first kappa shape index (κ1) is 16.3. The van der Waals surface area contributed by atoms with Gasteiger partial charge in [0.15, 0.2) is 0 Å². The molecular weight excluding hydrogens is 262 g/mol. The van der Waals surface area contributed by atoms with E-state index in [9.17, 15) is 5.11 Å². The van der Waals surface area contributed by atoms with Gasteiger partial charge < -0.3 is 16.3 Å². The third-order valence-corrected chi connectivity index (χ3v) is 2.82. The van der Waals surface area contributed by atoms with Gasteiger partial charge in [-0.15, -0.1) is 0 Å². The largest absolute Gasteiger partial charge is 0.508 e. The lowest BCUT2D eigenvalue weighted by Crippen LogP contribution is -2.22. The molecule has 0 aromatic heterocycles. The van der Waals surface area contributed by atoms with Crippen molar-refractivity contribution in [2.75, 3.05) is 0 Å². The minimum Gasteiger partial charge on any atom is -0.508 e. The van der Waals surface area contributed by atoms with E-state index in [1.807, 2.05) is 19.1 Å². The smallest absolute Gasteiger partial charge is 0.116 e. The van der Waals surface area contributed by atoms with Crippen LogP contribution in [0.5, 0.6) is 5.75 Å². The Labute approximate surface area is 125 Å². The summed E-state index contributed by atoms with van der Waals surface area (Å²) in [5.41, 5.74) is 12.0. The number of hydrogen-bond donors (Lipinski definition) is 4. The van der Waals surface area contributed by atoms with Gasteiger partial charge in [-0.3, -0.25) is 5.84 Å². The Balaban J connectivity index is 3.62. The van der Waals surface area contributed by atoms with Crippen molar-refractivity contribution in [3.63, 3.8) is 0 Å². The third kappa shape index (κ3) is 4.12. The van der Waals surface area contributed by atoms with Gasteiger partial charge in [0.25, 0.3) is 0 Å². The summed E-state index contributed by atoms with van der Waals surface area (Å²) in [4.78, 5) is 0. The van der Waals surface area contributed by atoms with E-state index in [1.165, 1.54) is 6.20 Å². The lowest BCUT2D eigenvalue weighted by atomic mass is 9.94. The van der Waals surface area contributed by atoms with Gasteiger partial charge in [-0.1, -0.05) is 37.4 Å². The van der Waals surface area contributed by atoms with Crippen molar-refractivity contribution >= 4 is 5.70 Å². The minimum absolute atomic E-state index is 0.157. The number of phenols is 1. The van der Waals surface area contributed by atoms with E-state index in [0.29, 0.717) is 5.70 Å². The summed E-state index contributed by atoms with van der Waals surface area (Å²) in [5, 5.41) is 9.64. The summed E-state index contributed by atoms with van der Waals surface area (Å²) in [6, 6.07) is 6.80. The van der Waals surface area contributed by atoms with Crippen molar-refractivity contribution in [2.24, 2.45) is 11.6 Å². The Kier molecular flexibility index (Phi) is 6.04. The van der Waals surface area contributed by atoms with Crippen LogP contribution in [0.3, 0.4) is 0 Å². The zero-order chi connectivity index (χ0) is 15.8. The topological polar surface area (TPSA) is 84.3 Å². The van der Waals surface area contributed by atoms with Gasteiger partial charge in [0, 0.05) is 11.1 Å². The Hall–Kier alpha value is -2.72. The third-order valence-electron chi connectivity index (χ3n) is 2.82. The molecule has 1 aromatic carbocycles. The molecule has 0 saturated heterocycles. The fourth-order valence-electron chi connectivity index (χ4n) is 2.02. The maximum absolute atomic E-state index is 9.64. The van der Waals surface area contributed by atoms with Crippen molar-refractivity contribution in [2.45, 2.75) is 6.92 Å². The summed E-state index contributed by atoms with van der Waals surface area (Å²) in [7, 11) is 0. The second kappa shape index (κ2) is 7.77. The monoisotopic (exact) mass is 283 g/mol. The van der Waals surface area contributed by atoms with E-state index >= 15 is 0 Å². The van der Waals surface area contributed by atoms with Gasteiger partial charge in [-0.25, -0.2) is 0 Å². The number of aromatic hydroxyl groups is 1. The van der Waals surface area contributed by atoms with E-state index < -0.39 is 0 Å². The maximum atomic E-state index is 9.64. The summed E-state index contributed by atoms with van der Waals surface area (Å²) in [6.07, 6.45) is 6.66. The molecule has 0 heterocycles. The van der Waals surface area contributed by atoms with Crippen LogP contribution in [0.2, 0.25) is 0 Å². The van der Waals surface area contributed by atoms with E-state index in [4.69, 9.17) is 11.6 Å². The van der Waals surface area contributed by atoms with E-state index in [0.717, 1.165) is 22.3 Å². The number of benzene rings is 1. The van der Waals surface area contributed by atoms with Crippen LogP contribution in [0, 0.1) is 0 Å². The molecule has 0 spiro atoms. The lowest BCUT2D eigenvalue weighted by Gasteiger charge is -2.17. The summed E-state index contributed by atoms with van der Waals surface area (Å²) >= 11 is 0. The van der Waals surface area contributed by atoms with Crippen LogP contribution in [0.25, 0.3) is 5.70 Å². The quantitative estimate of drug-likeness (QED) is 0.367. The Bertz CT molecular complexity index is 625. The normalized spacial score (nSPS) is 13.0. The number of allylic oxidation sites excluding steroid dienone is 6. The average Bonchev–Trinajstić information content (AvgIpc) is 2.44. The second-order valence-electron chi connectivity index (χ2n) is 4.44. The highest BCUT2D eigenvalue weighted by atomic mass is 16.3. The molecule has 0 aliphatic carbocycles. The zero-order valence-corrected chi connectivity index (χ0v) is 12.1. The van der Waals surface area contributed by atoms with Crippen LogP contribution >= 0.6 is 0 Å². The molecule has 0 aliphatic rings. The first-order valence-corrected chi connectivity index (χ1v) is 6.42. The summed E-state index contributed by atoms with van der Waals surface area (Å²) in [6.45, 7) is 9.57. The molecule has 0 aliphatic heterocycles. The maximum Gasteiger partial charge on any atom is 0.116 e. The second-order valence-corrected chi connectivity index (χ2v) is 4.44. The molecule has 21 heavy (non-hydrogen) atoms. The molecule has 1 aromatic rings. The molecule has 6 N–H and O–H groups in total. The minimum atomic E-state index is 0.157. The Morgan fingerprint density at radius 3 is 2.57 bits per heavy atom. The highest BCUT2D eigenvalue weighted by Crippen LogP contribution is 2.28. The number of phenolic OH excluding ortho intramolecular Hbond substituents is 1. The molecule has 0 atom stereocenters. The number of hydrazine groups is 1. The first-order chi connectivity index (χ1) is 10.0. The lowest BCUT2D eigenvalue weighted by molar-refractivity contribution is 0.475. The van der Waals surface area contributed by atoms with Crippen LogP contribution in [0.15, 0.2) is 78.6 Å². The van der Waals surface area contributed by atoms with Crippen molar-refractivity contribution in [1.82, 2.24) is 5.43 Å². The van der Waals surface area contributed by atoms with Gasteiger partial charge in [0.05, 0.1) is 5.70 Å². The van der Waals surface area contributed by atoms with Crippen molar-refractivity contribution in [3.8, 4) is 5.75 Å². The highest BCUT2D eigenvalue weighted by Gasteiger charge is 2.12. The van der Waals surface area contributed by atoms with Gasteiger partial charge >= 0.3 is 0 Å². The molecule has 0 saturated carbocycles. The fourth-order valence-corrected chi connectivity index (χ4v) is 2.02. The number of nitrogens with one attached hydrogen (secondary N) is 1. The van der Waals surface area contributed by atoms with Crippen LogP contribution < -0.4 is 17.0 Å². The van der Waals surface area contributed by atoms with Gasteiger partial charge in [-0.05, 0) is 42.5 Å². The predicted octanol–water partition coefficient (Wildman–Crippen LogP) is 2.73. The zero-order valence-electron chi connectivity index (χ0n) is 12.1. The SMILES string of the molecule is C=C/C=C(\C=C/N)C(/C(=C)C)=C(/NN)c1cccc(O)c1. The first-order valence-electron chi connectivity index (χ1n) is 6.42. The van der Waals surface area contributed by atoms with E-state index in [1.54, 1.807) is 30.4 Å². The molecule has 110 valence electrons. The van der Waals surface area contributed by atoms with Gasteiger partial charge in [-0.2, -0.15) is 0 Å². The molecule has 4 nitrogen and oxygen atoms in total. The van der Waals surface area contributed by atoms with Crippen molar-refractivity contribution < 1.29 is 5.11 Å². The van der Waals surface area contributed by atoms with Gasteiger partial charge in [0.2, 0.25) is 0 Å². The van der Waals surface area contributed by atoms with E-state index in [-0.39, 0.29) is 5.75 Å². The molecule has 4 heteroatoms. The van der Waals surface area contributed by atoms with Crippen LogP contribution in [0.1, 0.15) is 12.5 Å². The van der Waals surface area contributed by atoms with E-state index in [2.05, 4.69) is 18.6 Å².